The van der Waals surface area contributed by atoms with Crippen LogP contribution in [0.4, 0.5) is 8.78 Å². The average molecular weight is 192 g/mol. The number of nitrogens with two attached hydrogens (primary N) is 1. The third-order valence-electron chi connectivity index (χ3n) is 2.58. The maximum atomic E-state index is 12.6. The molecule has 0 amide bonds. The summed E-state index contributed by atoms with van der Waals surface area (Å²) in [4.78, 5) is 4.06. The predicted octanol–water partition coefficient (Wildman–Crippen LogP) is 1.46. The first-order valence-electron chi connectivity index (χ1n) is 3.87. The lowest BCUT2D eigenvalue weighted by molar-refractivity contribution is 0.129. The second kappa shape index (κ2) is 2.34. The van der Waals surface area contributed by atoms with Crippen LogP contribution >= 0.6 is 11.8 Å². The van der Waals surface area contributed by atoms with E-state index in [1.165, 1.54) is 0 Å². The van der Waals surface area contributed by atoms with Gasteiger partial charge >= 0.3 is 0 Å². The van der Waals surface area contributed by atoms with Gasteiger partial charge in [0.1, 0.15) is 0 Å². The van der Waals surface area contributed by atoms with Gasteiger partial charge in [0.05, 0.1) is 10.8 Å². The van der Waals surface area contributed by atoms with Gasteiger partial charge < -0.3 is 5.73 Å². The molecule has 0 saturated heterocycles. The van der Waals surface area contributed by atoms with Crippen molar-refractivity contribution in [1.29, 1.82) is 0 Å². The molecule has 1 fully saturated rings. The fraction of sp³-hybridized carbons (Fsp3) is 0.857. The van der Waals surface area contributed by atoms with E-state index in [1.807, 2.05) is 6.92 Å². The molecule has 2 rings (SSSR count). The molecule has 1 heterocycles. The number of thioether (sulfide) groups is 1. The Bertz CT molecular complexity index is 244. The van der Waals surface area contributed by atoms with Crippen LogP contribution in [0, 0.1) is 5.92 Å². The van der Waals surface area contributed by atoms with Gasteiger partial charge in [0.2, 0.25) is 0 Å². The van der Waals surface area contributed by atoms with Crippen molar-refractivity contribution in [2.24, 2.45) is 16.6 Å². The number of nitrogens with zero attached hydrogens (tertiary/aromatic N) is 1. The number of fused-ring (bicyclic) bond motifs is 1. The lowest BCUT2D eigenvalue weighted by Crippen LogP contribution is -2.31. The molecule has 5 heteroatoms. The molecular weight excluding hydrogens is 182 g/mol. The molecule has 68 valence electrons. The first kappa shape index (κ1) is 8.29. The maximum Gasteiger partial charge on any atom is 0.253 e. The highest BCUT2D eigenvalue weighted by molar-refractivity contribution is 8.15. The number of amidine groups is 1. The second-order valence-electron chi connectivity index (χ2n) is 3.38. The number of hydrogen-bond donors (Lipinski definition) is 1. The summed E-state index contributed by atoms with van der Waals surface area (Å²) in [6, 6.07) is -0.0275. The lowest BCUT2D eigenvalue weighted by atomic mass is 10.2. The highest BCUT2D eigenvalue weighted by Gasteiger charge is 2.65. The number of alkyl halides is 2. The smallest absolute Gasteiger partial charge is 0.253 e. The van der Waals surface area contributed by atoms with E-state index in [0.717, 1.165) is 11.8 Å². The van der Waals surface area contributed by atoms with Crippen molar-refractivity contribution in [3.8, 4) is 0 Å². The molecule has 0 aromatic carbocycles. The van der Waals surface area contributed by atoms with Gasteiger partial charge in [-0.05, 0) is 13.3 Å². The van der Waals surface area contributed by atoms with Gasteiger partial charge in [-0.15, -0.1) is 0 Å². The highest BCUT2D eigenvalue weighted by atomic mass is 32.2. The molecule has 0 bridgehead atoms. The largest absolute Gasteiger partial charge is 0.379 e. The summed E-state index contributed by atoms with van der Waals surface area (Å²) in [6.45, 7) is 1.85. The molecule has 2 N–H and O–H groups in total. The van der Waals surface area contributed by atoms with Crippen LogP contribution in [0.1, 0.15) is 13.3 Å². The molecule has 12 heavy (non-hydrogen) atoms. The molecule has 0 spiro atoms. The van der Waals surface area contributed by atoms with E-state index in [4.69, 9.17) is 5.73 Å². The molecule has 3 unspecified atom stereocenters. The van der Waals surface area contributed by atoms with Crippen molar-refractivity contribution >= 4 is 16.9 Å². The minimum absolute atomic E-state index is 0.0275. The standard InChI is InChI=1S/C7H10F2N2S/c1-3-4-2-7(4,5(8)9)12-6(10)11-3/h3-5H,2H2,1H3,(H2,10,11). The van der Waals surface area contributed by atoms with Crippen LogP contribution in [0.15, 0.2) is 4.99 Å². The zero-order valence-corrected chi connectivity index (χ0v) is 7.44. The van der Waals surface area contributed by atoms with Gasteiger partial charge in [0.15, 0.2) is 5.17 Å². The van der Waals surface area contributed by atoms with Crippen LogP contribution in [0.3, 0.4) is 0 Å². The summed E-state index contributed by atoms with van der Waals surface area (Å²) < 4.78 is 24.2. The van der Waals surface area contributed by atoms with Gasteiger partial charge in [-0.1, -0.05) is 11.8 Å². The average Bonchev–Trinajstić information content (AvgIpc) is 2.63. The van der Waals surface area contributed by atoms with E-state index in [2.05, 4.69) is 4.99 Å². The van der Waals surface area contributed by atoms with Crippen LogP contribution in [0.25, 0.3) is 0 Å². The highest BCUT2D eigenvalue weighted by Crippen LogP contribution is 2.62. The molecule has 0 radical (unpaired) electrons. The SMILES string of the molecule is CC1N=C(N)SC2(C(F)F)CC12. The number of aliphatic imine (C=N–C) groups is 1. The van der Waals surface area contributed by atoms with Crippen molar-refractivity contribution in [3.05, 3.63) is 0 Å². The Hall–Kier alpha value is -0.320. The minimum atomic E-state index is -2.27. The van der Waals surface area contributed by atoms with E-state index < -0.39 is 11.2 Å². The molecule has 0 aromatic rings. The van der Waals surface area contributed by atoms with Crippen LogP contribution in [-0.4, -0.2) is 22.4 Å². The van der Waals surface area contributed by atoms with Gasteiger partial charge in [0.25, 0.3) is 6.43 Å². The van der Waals surface area contributed by atoms with Crippen molar-refractivity contribution in [2.45, 2.75) is 30.6 Å². The van der Waals surface area contributed by atoms with E-state index >= 15 is 0 Å². The number of rotatable bonds is 1. The number of hydrogen-bond acceptors (Lipinski definition) is 3. The fourth-order valence-corrected chi connectivity index (χ4v) is 3.10. The summed E-state index contributed by atoms with van der Waals surface area (Å²) in [5.41, 5.74) is 5.44. The maximum absolute atomic E-state index is 12.6. The number of halogens is 2. The Labute approximate surface area is 73.6 Å². The molecule has 2 aliphatic rings. The third-order valence-corrected chi connectivity index (χ3v) is 3.93. The zero-order chi connectivity index (χ0) is 8.93. The fourth-order valence-electron chi connectivity index (χ4n) is 1.79. The normalized spacial score (nSPS) is 45.5. The second-order valence-corrected chi connectivity index (χ2v) is 4.76. The van der Waals surface area contributed by atoms with Crippen molar-refractivity contribution in [1.82, 2.24) is 0 Å². The summed E-state index contributed by atoms with van der Waals surface area (Å²) >= 11 is 1.05. The van der Waals surface area contributed by atoms with Crippen LogP contribution in [0.2, 0.25) is 0 Å². The monoisotopic (exact) mass is 192 g/mol. The van der Waals surface area contributed by atoms with E-state index in [-0.39, 0.29) is 12.0 Å². The van der Waals surface area contributed by atoms with E-state index in [0.29, 0.717) is 11.6 Å². The molecule has 3 atom stereocenters. The quantitative estimate of drug-likeness (QED) is 0.683. The predicted molar refractivity (Wildman–Crippen MR) is 45.5 cm³/mol. The minimum Gasteiger partial charge on any atom is -0.379 e. The van der Waals surface area contributed by atoms with Crippen molar-refractivity contribution in [2.75, 3.05) is 0 Å². The molecule has 0 aromatic heterocycles. The Balaban J connectivity index is 2.21. The van der Waals surface area contributed by atoms with Gasteiger partial charge in [0, 0.05) is 5.92 Å². The summed E-state index contributed by atoms with van der Waals surface area (Å²) in [7, 11) is 0. The van der Waals surface area contributed by atoms with Crippen molar-refractivity contribution in [3.63, 3.8) is 0 Å². The summed E-state index contributed by atoms with van der Waals surface area (Å²) in [5.74, 6) is 0.0369. The van der Waals surface area contributed by atoms with Gasteiger partial charge in [-0.25, -0.2) is 8.78 Å². The summed E-state index contributed by atoms with van der Waals surface area (Å²) in [5, 5.41) is 0.316. The molecule has 2 nitrogen and oxygen atoms in total. The molecule has 1 aliphatic carbocycles. The van der Waals surface area contributed by atoms with Crippen LogP contribution < -0.4 is 5.73 Å². The van der Waals surface area contributed by atoms with Crippen LogP contribution in [-0.2, 0) is 0 Å². The Kier molecular flexibility index (Phi) is 1.62. The van der Waals surface area contributed by atoms with Crippen LogP contribution in [0.5, 0.6) is 0 Å². The van der Waals surface area contributed by atoms with E-state index in [1.54, 1.807) is 0 Å². The third kappa shape index (κ3) is 0.952. The summed E-state index contributed by atoms with van der Waals surface area (Å²) in [6.07, 6.45) is -1.72. The zero-order valence-electron chi connectivity index (χ0n) is 6.63. The molecule has 1 aliphatic heterocycles. The molecular formula is C7H10F2N2S. The Morgan fingerprint density at radius 1 is 1.75 bits per heavy atom. The van der Waals surface area contributed by atoms with Crippen molar-refractivity contribution < 1.29 is 8.78 Å². The first-order chi connectivity index (χ1) is 5.56. The topological polar surface area (TPSA) is 38.4 Å². The lowest BCUT2D eigenvalue weighted by Gasteiger charge is -2.22. The first-order valence-corrected chi connectivity index (χ1v) is 4.68. The van der Waals surface area contributed by atoms with Gasteiger partial charge in [-0.2, -0.15) is 0 Å². The van der Waals surface area contributed by atoms with E-state index in [9.17, 15) is 8.78 Å². The molecule has 1 saturated carbocycles. The Morgan fingerprint density at radius 3 is 3.00 bits per heavy atom. The Morgan fingerprint density at radius 2 is 2.42 bits per heavy atom. The van der Waals surface area contributed by atoms with Gasteiger partial charge in [-0.3, -0.25) is 4.99 Å².